The van der Waals surface area contributed by atoms with E-state index in [0.29, 0.717) is 16.3 Å². The lowest BCUT2D eigenvalue weighted by molar-refractivity contribution is 0.102. The Labute approximate surface area is 103 Å². The molecule has 90 valence electrons. The molecule has 0 unspecified atom stereocenters. The molecule has 7 heteroatoms. The molecule has 2 N–H and O–H groups in total. The van der Waals surface area contributed by atoms with Crippen molar-refractivity contribution in [1.29, 1.82) is 0 Å². The molecule has 0 aliphatic carbocycles. The molecule has 2 rings (SSSR count). The van der Waals surface area contributed by atoms with Crippen molar-refractivity contribution in [3.8, 4) is 0 Å². The SMILES string of the molecule is CC(C)(C)c1nnsc1C(=O)Nc1cn[nH]c1. The predicted molar refractivity (Wildman–Crippen MR) is 65.1 cm³/mol. The van der Waals surface area contributed by atoms with Gasteiger partial charge in [0.05, 0.1) is 17.6 Å². The van der Waals surface area contributed by atoms with Gasteiger partial charge in [-0.1, -0.05) is 25.3 Å². The van der Waals surface area contributed by atoms with Crippen LogP contribution in [0.3, 0.4) is 0 Å². The van der Waals surface area contributed by atoms with Crippen molar-refractivity contribution in [1.82, 2.24) is 19.8 Å². The molecule has 0 atom stereocenters. The van der Waals surface area contributed by atoms with Crippen molar-refractivity contribution >= 4 is 23.1 Å². The number of amides is 1. The molecule has 0 saturated carbocycles. The van der Waals surface area contributed by atoms with Crippen LogP contribution < -0.4 is 5.32 Å². The van der Waals surface area contributed by atoms with E-state index >= 15 is 0 Å². The highest BCUT2D eigenvalue weighted by Gasteiger charge is 2.26. The number of H-pyrrole nitrogens is 1. The summed E-state index contributed by atoms with van der Waals surface area (Å²) in [4.78, 5) is 12.6. The molecule has 0 spiro atoms. The second kappa shape index (κ2) is 4.25. The van der Waals surface area contributed by atoms with Crippen molar-refractivity contribution in [2.45, 2.75) is 26.2 Å². The topological polar surface area (TPSA) is 83.6 Å². The van der Waals surface area contributed by atoms with Crippen LogP contribution in [0.4, 0.5) is 5.69 Å². The minimum Gasteiger partial charge on any atom is -0.318 e. The standard InChI is InChI=1S/C10H13N5OS/c1-10(2,3)8-7(17-15-14-8)9(16)13-6-4-11-12-5-6/h4-5H,1-3H3,(H,11,12)(H,13,16). The van der Waals surface area contributed by atoms with Crippen LogP contribution in [0.15, 0.2) is 12.4 Å². The Morgan fingerprint density at radius 3 is 2.82 bits per heavy atom. The van der Waals surface area contributed by atoms with E-state index in [0.717, 1.165) is 11.5 Å². The maximum absolute atomic E-state index is 12.0. The highest BCUT2D eigenvalue weighted by Crippen LogP contribution is 2.26. The zero-order valence-corrected chi connectivity index (χ0v) is 10.6. The maximum Gasteiger partial charge on any atom is 0.269 e. The second-order valence-corrected chi connectivity index (χ2v) is 5.40. The highest BCUT2D eigenvalue weighted by atomic mass is 32.1. The third-order valence-electron chi connectivity index (χ3n) is 2.16. The van der Waals surface area contributed by atoms with Crippen LogP contribution in [0.2, 0.25) is 0 Å². The first-order valence-corrected chi connectivity index (χ1v) is 5.89. The number of nitrogens with zero attached hydrogens (tertiary/aromatic N) is 3. The average Bonchev–Trinajstić information content (AvgIpc) is 2.85. The summed E-state index contributed by atoms with van der Waals surface area (Å²) < 4.78 is 3.85. The van der Waals surface area contributed by atoms with Crippen molar-refractivity contribution < 1.29 is 4.79 Å². The molecule has 0 saturated heterocycles. The molecule has 0 fully saturated rings. The first-order valence-electron chi connectivity index (χ1n) is 5.11. The van der Waals surface area contributed by atoms with E-state index in [1.54, 1.807) is 12.4 Å². The number of aromatic amines is 1. The Morgan fingerprint density at radius 1 is 1.47 bits per heavy atom. The first kappa shape index (κ1) is 11.7. The van der Waals surface area contributed by atoms with E-state index in [4.69, 9.17) is 0 Å². The average molecular weight is 251 g/mol. The fourth-order valence-electron chi connectivity index (χ4n) is 1.34. The molecule has 6 nitrogen and oxygen atoms in total. The van der Waals surface area contributed by atoms with Crippen molar-refractivity contribution in [2.24, 2.45) is 0 Å². The van der Waals surface area contributed by atoms with Gasteiger partial charge >= 0.3 is 0 Å². The summed E-state index contributed by atoms with van der Waals surface area (Å²) in [7, 11) is 0. The van der Waals surface area contributed by atoms with Gasteiger partial charge in [-0.25, -0.2) is 0 Å². The largest absolute Gasteiger partial charge is 0.318 e. The van der Waals surface area contributed by atoms with E-state index in [9.17, 15) is 4.79 Å². The van der Waals surface area contributed by atoms with Crippen molar-refractivity contribution in [2.75, 3.05) is 5.32 Å². The van der Waals surface area contributed by atoms with Gasteiger partial charge < -0.3 is 5.32 Å². The van der Waals surface area contributed by atoms with Gasteiger partial charge in [0.2, 0.25) is 0 Å². The predicted octanol–water partition coefficient (Wildman–Crippen LogP) is 1.81. The molecule has 2 aromatic heterocycles. The first-order chi connectivity index (χ1) is 7.98. The number of nitrogens with one attached hydrogen (secondary N) is 2. The van der Waals surface area contributed by atoms with Crippen LogP contribution in [0.5, 0.6) is 0 Å². The minimum atomic E-state index is -0.202. The lowest BCUT2D eigenvalue weighted by Gasteiger charge is -2.15. The molecule has 0 aliphatic heterocycles. The van der Waals surface area contributed by atoms with E-state index in [1.807, 2.05) is 20.8 Å². The van der Waals surface area contributed by atoms with Gasteiger partial charge in [0, 0.05) is 11.6 Å². The molecule has 0 bridgehead atoms. The molecule has 17 heavy (non-hydrogen) atoms. The zero-order chi connectivity index (χ0) is 12.5. The fraction of sp³-hybridized carbons (Fsp3) is 0.400. The van der Waals surface area contributed by atoms with E-state index < -0.39 is 0 Å². The summed E-state index contributed by atoms with van der Waals surface area (Å²) >= 11 is 1.10. The van der Waals surface area contributed by atoms with Gasteiger partial charge in [-0.2, -0.15) is 5.10 Å². The van der Waals surface area contributed by atoms with E-state index in [-0.39, 0.29) is 11.3 Å². The second-order valence-electron chi connectivity index (χ2n) is 4.64. The Kier molecular flexibility index (Phi) is 2.93. The monoisotopic (exact) mass is 251 g/mol. The number of carbonyl (C=O) groups excluding carboxylic acids is 1. The smallest absolute Gasteiger partial charge is 0.269 e. The Balaban J connectivity index is 2.23. The zero-order valence-electron chi connectivity index (χ0n) is 9.81. The molecule has 0 aliphatic rings. The van der Waals surface area contributed by atoms with Crippen LogP contribution in [-0.4, -0.2) is 25.7 Å². The van der Waals surface area contributed by atoms with Gasteiger partial charge in [0.25, 0.3) is 5.91 Å². The number of aromatic nitrogens is 4. The molecule has 2 aromatic rings. The molecule has 0 radical (unpaired) electrons. The molecule has 1 amide bonds. The molecular weight excluding hydrogens is 238 g/mol. The molecular formula is C10H13N5OS. The number of carbonyl (C=O) groups is 1. The summed E-state index contributed by atoms with van der Waals surface area (Å²) in [6.45, 7) is 6.00. The number of rotatable bonds is 2. The van der Waals surface area contributed by atoms with E-state index in [1.165, 1.54) is 0 Å². The van der Waals surface area contributed by atoms with Crippen LogP contribution >= 0.6 is 11.5 Å². The highest BCUT2D eigenvalue weighted by molar-refractivity contribution is 7.08. The summed E-state index contributed by atoms with van der Waals surface area (Å²) in [5, 5.41) is 13.1. The van der Waals surface area contributed by atoms with Gasteiger partial charge in [-0.15, -0.1) is 5.10 Å². The quantitative estimate of drug-likeness (QED) is 0.852. The third-order valence-corrected chi connectivity index (χ3v) is 2.89. The number of hydrogen-bond donors (Lipinski definition) is 2. The summed E-state index contributed by atoms with van der Waals surface area (Å²) in [6, 6.07) is 0. The van der Waals surface area contributed by atoms with E-state index in [2.05, 4.69) is 25.1 Å². The molecule has 0 aromatic carbocycles. The summed E-state index contributed by atoms with van der Waals surface area (Å²) in [5.74, 6) is -0.202. The third kappa shape index (κ3) is 2.50. The Morgan fingerprint density at radius 2 is 2.24 bits per heavy atom. The summed E-state index contributed by atoms with van der Waals surface area (Å²) in [6.07, 6.45) is 3.16. The van der Waals surface area contributed by atoms with Crippen molar-refractivity contribution in [3.05, 3.63) is 23.0 Å². The van der Waals surface area contributed by atoms with Gasteiger partial charge in [-0.05, 0) is 11.5 Å². The van der Waals surface area contributed by atoms with Gasteiger partial charge in [0.15, 0.2) is 0 Å². The Hall–Kier alpha value is -1.76. The van der Waals surface area contributed by atoms with Gasteiger partial charge in [0.1, 0.15) is 4.88 Å². The maximum atomic E-state index is 12.0. The Bertz CT molecular complexity index is 511. The van der Waals surface area contributed by atoms with Crippen LogP contribution in [0.25, 0.3) is 0 Å². The van der Waals surface area contributed by atoms with Crippen LogP contribution in [0.1, 0.15) is 36.1 Å². The lowest BCUT2D eigenvalue weighted by atomic mass is 9.91. The summed E-state index contributed by atoms with van der Waals surface area (Å²) in [5.41, 5.74) is 1.14. The fourth-order valence-corrected chi connectivity index (χ4v) is 2.11. The number of anilines is 1. The minimum absolute atomic E-state index is 0.198. The van der Waals surface area contributed by atoms with Crippen LogP contribution in [0, 0.1) is 0 Å². The van der Waals surface area contributed by atoms with Gasteiger partial charge in [-0.3, -0.25) is 9.89 Å². The van der Waals surface area contributed by atoms with Crippen molar-refractivity contribution in [3.63, 3.8) is 0 Å². The normalized spacial score (nSPS) is 11.5. The molecule has 2 heterocycles. The van der Waals surface area contributed by atoms with Crippen LogP contribution in [-0.2, 0) is 5.41 Å². The lowest BCUT2D eigenvalue weighted by Crippen LogP contribution is -2.19. The number of hydrogen-bond acceptors (Lipinski definition) is 5.